The molecule has 166 valence electrons. The Morgan fingerprint density at radius 1 is 1.16 bits per heavy atom. The third kappa shape index (κ3) is 4.18. The molecule has 1 fully saturated rings. The summed E-state index contributed by atoms with van der Waals surface area (Å²) in [7, 11) is 0. The average Bonchev–Trinajstić information content (AvgIpc) is 3.56. The Hall–Kier alpha value is -3.04. The van der Waals surface area contributed by atoms with Crippen LogP contribution in [0, 0.1) is 13.8 Å². The summed E-state index contributed by atoms with van der Waals surface area (Å²) in [6.45, 7) is 8.40. The number of likely N-dealkylation sites (tertiary alicyclic amines) is 1. The highest BCUT2D eigenvalue weighted by molar-refractivity contribution is 7.09. The standard InChI is InChI=1S/C23H27N7OS/c1-16-25-19(14-29(16)13-18-15-32-17(2)26-18)22-27-21(20-7-3-4-11-30(20)22)23(31)24-8-12-28-9-5-6-10-28/h3-4,7,11,14-15H,5-6,8-10,12-13H2,1-2H3,(H,24,31). The number of aromatic nitrogens is 5. The molecule has 4 aromatic rings. The van der Waals surface area contributed by atoms with E-state index in [-0.39, 0.29) is 5.91 Å². The first-order valence-electron chi connectivity index (χ1n) is 11.0. The van der Waals surface area contributed by atoms with Crippen LogP contribution in [-0.2, 0) is 6.54 Å². The number of nitrogens with zero attached hydrogens (tertiary/aromatic N) is 6. The van der Waals surface area contributed by atoms with Gasteiger partial charge in [0, 0.05) is 30.9 Å². The van der Waals surface area contributed by atoms with Crippen molar-refractivity contribution in [1.29, 1.82) is 0 Å². The van der Waals surface area contributed by atoms with Gasteiger partial charge >= 0.3 is 0 Å². The monoisotopic (exact) mass is 449 g/mol. The van der Waals surface area contributed by atoms with Gasteiger partial charge in [-0.2, -0.15) is 0 Å². The van der Waals surface area contributed by atoms with Crippen LogP contribution >= 0.6 is 11.3 Å². The summed E-state index contributed by atoms with van der Waals surface area (Å²) >= 11 is 1.65. The Morgan fingerprint density at radius 3 is 2.78 bits per heavy atom. The summed E-state index contributed by atoms with van der Waals surface area (Å²) in [6.07, 6.45) is 6.41. The lowest BCUT2D eigenvalue weighted by molar-refractivity contribution is 0.0947. The first-order valence-corrected chi connectivity index (χ1v) is 11.9. The zero-order valence-electron chi connectivity index (χ0n) is 18.4. The molecule has 1 aliphatic rings. The molecule has 9 heteroatoms. The molecule has 0 unspecified atom stereocenters. The van der Waals surface area contributed by atoms with E-state index < -0.39 is 0 Å². The van der Waals surface area contributed by atoms with Crippen LogP contribution < -0.4 is 5.32 Å². The van der Waals surface area contributed by atoms with E-state index in [9.17, 15) is 4.79 Å². The van der Waals surface area contributed by atoms with Crippen molar-refractivity contribution in [3.63, 3.8) is 0 Å². The van der Waals surface area contributed by atoms with E-state index in [1.54, 1.807) is 11.3 Å². The van der Waals surface area contributed by atoms with E-state index in [0.29, 0.717) is 24.6 Å². The van der Waals surface area contributed by atoms with Gasteiger partial charge in [-0.3, -0.25) is 9.20 Å². The van der Waals surface area contributed by atoms with Crippen molar-refractivity contribution < 1.29 is 4.79 Å². The number of nitrogens with one attached hydrogen (secondary N) is 1. The van der Waals surface area contributed by atoms with Crippen molar-refractivity contribution in [3.8, 4) is 11.5 Å². The molecule has 32 heavy (non-hydrogen) atoms. The highest BCUT2D eigenvalue weighted by atomic mass is 32.1. The first-order chi connectivity index (χ1) is 15.6. The maximum absolute atomic E-state index is 13.0. The van der Waals surface area contributed by atoms with Gasteiger partial charge < -0.3 is 14.8 Å². The van der Waals surface area contributed by atoms with Gasteiger partial charge in [-0.05, 0) is 51.9 Å². The smallest absolute Gasteiger partial charge is 0.272 e. The van der Waals surface area contributed by atoms with Crippen LogP contribution in [0.3, 0.4) is 0 Å². The van der Waals surface area contributed by atoms with E-state index in [4.69, 9.17) is 9.97 Å². The van der Waals surface area contributed by atoms with Gasteiger partial charge in [-0.25, -0.2) is 15.0 Å². The largest absolute Gasteiger partial charge is 0.349 e. The van der Waals surface area contributed by atoms with Crippen molar-refractivity contribution in [2.75, 3.05) is 26.2 Å². The van der Waals surface area contributed by atoms with E-state index in [1.165, 1.54) is 12.8 Å². The Bertz CT molecular complexity index is 1250. The van der Waals surface area contributed by atoms with Gasteiger partial charge in [0.05, 0.1) is 22.8 Å². The number of hydrogen-bond acceptors (Lipinski definition) is 6. The molecule has 5 rings (SSSR count). The van der Waals surface area contributed by atoms with Crippen molar-refractivity contribution in [3.05, 3.63) is 58.2 Å². The Morgan fingerprint density at radius 2 is 2.00 bits per heavy atom. The number of rotatable bonds is 7. The molecule has 1 amide bonds. The molecule has 1 saturated heterocycles. The van der Waals surface area contributed by atoms with Crippen LogP contribution in [0.1, 0.15) is 39.9 Å². The number of carbonyl (C=O) groups excluding carboxylic acids is 1. The van der Waals surface area contributed by atoms with Crippen LogP contribution in [0.5, 0.6) is 0 Å². The van der Waals surface area contributed by atoms with Gasteiger partial charge in [0.1, 0.15) is 11.5 Å². The van der Waals surface area contributed by atoms with Crippen LogP contribution in [0.4, 0.5) is 0 Å². The van der Waals surface area contributed by atoms with Crippen LogP contribution in [0.2, 0.25) is 0 Å². The van der Waals surface area contributed by atoms with Gasteiger partial charge in [0.15, 0.2) is 11.5 Å². The van der Waals surface area contributed by atoms with Crippen molar-refractivity contribution >= 4 is 22.8 Å². The van der Waals surface area contributed by atoms with E-state index in [0.717, 1.165) is 47.4 Å². The zero-order valence-corrected chi connectivity index (χ0v) is 19.2. The third-order valence-electron chi connectivity index (χ3n) is 5.88. The Balaban J connectivity index is 1.40. The van der Waals surface area contributed by atoms with Gasteiger partial charge in [-0.15, -0.1) is 11.3 Å². The topological polar surface area (TPSA) is 80.4 Å². The fraction of sp³-hybridized carbons (Fsp3) is 0.391. The number of thiazole rings is 1. The van der Waals surface area contributed by atoms with E-state index >= 15 is 0 Å². The minimum absolute atomic E-state index is 0.145. The lowest BCUT2D eigenvalue weighted by Crippen LogP contribution is -2.33. The molecule has 0 radical (unpaired) electrons. The van der Waals surface area contributed by atoms with Crippen molar-refractivity contribution in [1.82, 2.24) is 34.1 Å². The quantitative estimate of drug-likeness (QED) is 0.469. The lowest BCUT2D eigenvalue weighted by Gasteiger charge is -2.14. The fourth-order valence-electron chi connectivity index (χ4n) is 4.23. The molecule has 0 aliphatic carbocycles. The molecule has 1 N–H and O–H groups in total. The molecule has 4 aromatic heterocycles. The fourth-order valence-corrected chi connectivity index (χ4v) is 4.84. The second kappa shape index (κ2) is 8.84. The maximum atomic E-state index is 13.0. The Kier molecular flexibility index (Phi) is 5.75. The summed E-state index contributed by atoms with van der Waals surface area (Å²) in [5.41, 5.74) is 2.98. The number of fused-ring (bicyclic) bond motifs is 1. The summed E-state index contributed by atoms with van der Waals surface area (Å²) < 4.78 is 4.01. The molecule has 0 atom stereocenters. The second-order valence-corrected chi connectivity index (χ2v) is 9.27. The lowest BCUT2D eigenvalue weighted by atomic mass is 10.3. The first kappa shape index (κ1) is 20.8. The van der Waals surface area contributed by atoms with Crippen LogP contribution in [-0.4, -0.2) is 60.9 Å². The predicted octanol–water partition coefficient (Wildman–Crippen LogP) is 3.15. The zero-order chi connectivity index (χ0) is 22.1. The number of imidazole rings is 2. The molecule has 5 heterocycles. The second-order valence-electron chi connectivity index (χ2n) is 8.20. The van der Waals surface area contributed by atoms with Crippen molar-refractivity contribution in [2.45, 2.75) is 33.2 Å². The third-order valence-corrected chi connectivity index (χ3v) is 6.70. The van der Waals surface area contributed by atoms with Crippen LogP contribution in [0.15, 0.2) is 36.0 Å². The van der Waals surface area contributed by atoms with Gasteiger partial charge in [0.2, 0.25) is 0 Å². The molecule has 0 spiro atoms. The molecule has 0 bridgehead atoms. The average molecular weight is 450 g/mol. The minimum atomic E-state index is -0.145. The van der Waals surface area contributed by atoms with Gasteiger partial charge in [-0.1, -0.05) is 6.07 Å². The highest BCUT2D eigenvalue weighted by Gasteiger charge is 2.21. The summed E-state index contributed by atoms with van der Waals surface area (Å²) in [5.74, 6) is 1.41. The number of amides is 1. The number of hydrogen-bond donors (Lipinski definition) is 1. The van der Waals surface area contributed by atoms with Crippen LogP contribution in [0.25, 0.3) is 17.0 Å². The van der Waals surface area contributed by atoms with Crippen molar-refractivity contribution in [2.24, 2.45) is 0 Å². The van der Waals surface area contributed by atoms with Gasteiger partial charge in [0.25, 0.3) is 5.91 Å². The number of pyridine rings is 1. The number of carbonyl (C=O) groups is 1. The molecule has 0 saturated carbocycles. The van der Waals surface area contributed by atoms with E-state index in [2.05, 4.69) is 25.1 Å². The summed E-state index contributed by atoms with van der Waals surface area (Å²) in [4.78, 5) is 29.4. The maximum Gasteiger partial charge on any atom is 0.272 e. The molecular weight excluding hydrogens is 422 g/mol. The molecular formula is C23H27N7OS. The van der Waals surface area contributed by atoms with E-state index in [1.807, 2.05) is 48.8 Å². The SMILES string of the molecule is Cc1nc(Cn2cc(-c3nc(C(=O)NCCN4CCCC4)c4ccccn34)nc2C)cs1. The summed E-state index contributed by atoms with van der Waals surface area (Å²) in [6, 6.07) is 5.79. The normalized spacial score (nSPS) is 14.4. The molecule has 0 aromatic carbocycles. The predicted molar refractivity (Wildman–Crippen MR) is 125 cm³/mol. The molecule has 1 aliphatic heterocycles. The Labute approximate surface area is 190 Å². The highest BCUT2D eigenvalue weighted by Crippen LogP contribution is 2.23. The summed E-state index contributed by atoms with van der Waals surface area (Å²) in [5, 5.41) is 6.17. The molecule has 8 nitrogen and oxygen atoms in total. The number of aryl methyl sites for hydroxylation is 2. The minimum Gasteiger partial charge on any atom is -0.349 e.